The molecule has 0 spiro atoms. The second-order valence-electron chi connectivity index (χ2n) is 5.87. The molecule has 0 aromatic heterocycles. The number of carbonyl (C=O) groups excluding carboxylic acids is 2. The average Bonchev–Trinajstić information content (AvgIpc) is 2.30. The highest BCUT2D eigenvalue weighted by molar-refractivity contribution is 6.01. The molecular formula is C15H20O3. The van der Waals surface area contributed by atoms with Crippen LogP contribution in [0.4, 0.5) is 0 Å². The minimum absolute atomic E-state index is 0.0102. The zero-order valence-electron chi connectivity index (χ0n) is 11.2. The SMILES string of the molecule is C[C@@H](C=O)C1=C[C@@]2(C)C(=CCC[C@@]2(C)O)CC1=O. The Kier molecular flexibility index (Phi) is 3.06. The Balaban J connectivity index is 2.55. The third-order valence-corrected chi connectivity index (χ3v) is 4.62. The zero-order valence-corrected chi connectivity index (χ0v) is 11.2. The van der Waals surface area contributed by atoms with Gasteiger partial charge in [0.15, 0.2) is 5.78 Å². The van der Waals surface area contributed by atoms with Crippen molar-refractivity contribution in [1.82, 2.24) is 0 Å². The van der Waals surface area contributed by atoms with Gasteiger partial charge in [-0.3, -0.25) is 4.79 Å². The molecule has 0 saturated carbocycles. The Bertz CT molecular complexity index is 456. The smallest absolute Gasteiger partial charge is 0.163 e. The van der Waals surface area contributed by atoms with Crippen molar-refractivity contribution in [2.75, 3.05) is 0 Å². The molecule has 0 aromatic rings. The molecule has 2 aliphatic carbocycles. The predicted molar refractivity (Wildman–Crippen MR) is 69.0 cm³/mol. The van der Waals surface area contributed by atoms with E-state index in [1.54, 1.807) is 6.92 Å². The fraction of sp³-hybridized carbons (Fsp3) is 0.600. The van der Waals surface area contributed by atoms with Gasteiger partial charge in [-0.15, -0.1) is 0 Å². The van der Waals surface area contributed by atoms with Crippen molar-refractivity contribution in [2.45, 2.75) is 45.6 Å². The van der Waals surface area contributed by atoms with Crippen LogP contribution in [0.15, 0.2) is 23.3 Å². The van der Waals surface area contributed by atoms with E-state index in [9.17, 15) is 14.7 Å². The Hall–Kier alpha value is -1.22. The van der Waals surface area contributed by atoms with Gasteiger partial charge in [0.25, 0.3) is 0 Å². The van der Waals surface area contributed by atoms with E-state index in [1.807, 2.05) is 19.9 Å². The minimum Gasteiger partial charge on any atom is -0.389 e. The number of hydrogen-bond acceptors (Lipinski definition) is 3. The first-order valence-electron chi connectivity index (χ1n) is 6.45. The van der Waals surface area contributed by atoms with Gasteiger partial charge in [-0.1, -0.05) is 24.6 Å². The molecule has 2 rings (SSSR count). The van der Waals surface area contributed by atoms with Crippen LogP contribution in [0.1, 0.15) is 40.0 Å². The van der Waals surface area contributed by atoms with E-state index in [4.69, 9.17) is 0 Å². The van der Waals surface area contributed by atoms with Gasteiger partial charge in [-0.2, -0.15) is 0 Å². The highest BCUT2D eigenvalue weighted by atomic mass is 16.3. The molecule has 0 saturated heterocycles. The summed E-state index contributed by atoms with van der Waals surface area (Å²) in [5, 5.41) is 10.6. The fourth-order valence-electron chi connectivity index (χ4n) is 2.97. The number of fused-ring (bicyclic) bond motifs is 1. The molecule has 0 fully saturated rings. The van der Waals surface area contributed by atoms with Crippen molar-refractivity contribution in [3.8, 4) is 0 Å². The largest absolute Gasteiger partial charge is 0.389 e. The number of aldehydes is 1. The van der Waals surface area contributed by atoms with E-state index in [1.165, 1.54) is 0 Å². The maximum Gasteiger partial charge on any atom is 0.163 e. The standard InChI is InChI=1S/C15H20O3/c1-10(9-16)12-8-14(2)11(7-13(12)17)5-4-6-15(14,3)18/h5,8-10,18H,4,6-7H2,1-3H3/t10-,14-,15+/m0/s1. The molecule has 0 aromatic carbocycles. The van der Waals surface area contributed by atoms with Gasteiger partial charge < -0.3 is 9.90 Å². The Morgan fingerprint density at radius 3 is 2.72 bits per heavy atom. The normalized spacial score (nSPS) is 37.4. The van der Waals surface area contributed by atoms with Crippen LogP contribution in [0.2, 0.25) is 0 Å². The quantitative estimate of drug-likeness (QED) is 0.602. The van der Waals surface area contributed by atoms with Gasteiger partial charge in [-0.05, 0) is 26.7 Å². The number of aliphatic hydroxyl groups is 1. The molecule has 3 atom stereocenters. The Morgan fingerprint density at radius 1 is 1.44 bits per heavy atom. The summed E-state index contributed by atoms with van der Waals surface area (Å²) < 4.78 is 0. The summed E-state index contributed by atoms with van der Waals surface area (Å²) in [6.07, 6.45) is 6.49. The number of carbonyl (C=O) groups is 2. The molecule has 0 heterocycles. The number of hydrogen-bond donors (Lipinski definition) is 1. The third-order valence-electron chi connectivity index (χ3n) is 4.62. The summed E-state index contributed by atoms with van der Waals surface area (Å²) in [5.41, 5.74) is 0.162. The highest BCUT2D eigenvalue weighted by Crippen LogP contribution is 2.50. The van der Waals surface area contributed by atoms with Gasteiger partial charge in [0.05, 0.1) is 5.60 Å². The molecule has 0 radical (unpaired) electrons. The summed E-state index contributed by atoms with van der Waals surface area (Å²) >= 11 is 0. The van der Waals surface area contributed by atoms with Gasteiger partial charge >= 0.3 is 0 Å². The lowest BCUT2D eigenvalue weighted by Crippen LogP contribution is -2.48. The number of rotatable bonds is 2. The molecule has 2 aliphatic rings. The van der Waals surface area contributed by atoms with Gasteiger partial charge in [0.2, 0.25) is 0 Å². The summed E-state index contributed by atoms with van der Waals surface area (Å²) in [5.74, 6) is -0.385. The van der Waals surface area contributed by atoms with Crippen LogP contribution in [0.25, 0.3) is 0 Å². The van der Waals surface area contributed by atoms with E-state index in [0.717, 1.165) is 18.3 Å². The van der Waals surface area contributed by atoms with Crippen LogP contribution in [-0.2, 0) is 9.59 Å². The summed E-state index contributed by atoms with van der Waals surface area (Å²) in [6.45, 7) is 5.50. The van der Waals surface area contributed by atoms with Crippen LogP contribution >= 0.6 is 0 Å². The first kappa shape index (κ1) is 13.2. The summed E-state index contributed by atoms with van der Waals surface area (Å²) in [7, 11) is 0. The van der Waals surface area contributed by atoms with Crippen molar-refractivity contribution < 1.29 is 14.7 Å². The number of allylic oxidation sites excluding steroid dienone is 2. The van der Waals surface area contributed by atoms with E-state index in [2.05, 4.69) is 6.08 Å². The van der Waals surface area contributed by atoms with Crippen LogP contribution < -0.4 is 0 Å². The molecule has 0 amide bonds. The van der Waals surface area contributed by atoms with Gasteiger partial charge in [0.1, 0.15) is 6.29 Å². The second kappa shape index (κ2) is 4.16. The number of ketones is 1. The average molecular weight is 248 g/mol. The fourth-order valence-corrected chi connectivity index (χ4v) is 2.97. The van der Waals surface area contributed by atoms with Crippen LogP contribution in [0.5, 0.6) is 0 Å². The topological polar surface area (TPSA) is 54.4 Å². The molecule has 3 nitrogen and oxygen atoms in total. The van der Waals surface area contributed by atoms with E-state index in [0.29, 0.717) is 18.4 Å². The monoisotopic (exact) mass is 248 g/mol. The van der Waals surface area contributed by atoms with Crippen molar-refractivity contribution in [2.24, 2.45) is 11.3 Å². The summed E-state index contributed by atoms with van der Waals surface area (Å²) in [6, 6.07) is 0. The zero-order chi connectivity index (χ0) is 13.6. The predicted octanol–water partition coefficient (Wildman–Crippen LogP) is 2.20. The molecule has 0 bridgehead atoms. The molecule has 0 unspecified atom stereocenters. The van der Waals surface area contributed by atoms with Crippen molar-refractivity contribution >= 4 is 12.1 Å². The number of Topliss-reactive ketones (excluding diaryl/α,β-unsaturated/α-hetero) is 1. The lowest BCUT2D eigenvalue weighted by molar-refractivity contribution is -0.119. The Labute approximate surface area is 108 Å². The Morgan fingerprint density at radius 2 is 2.11 bits per heavy atom. The van der Waals surface area contributed by atoms with Crippen molar-refractivity contribution in [3.05, 3.63) is 23.3 Å². The van der Waals surface area contributed by atoms with E-state index < -0.39 is 16.9 Å². The molecule has 0 aliphatic heterocycles. The molecule has 18 heavy (non-hydrogen) atoms. The third kappa shape index (κ3) is 1.77. The molecule has 1 N–H and O–H groups in total. The highest BCUT2D eigenvalue weighted by Gasteiger charge is 2.49. The first-order valence-corrected chi connectivity index (χ1v) is 6.45. The lowest BCUT2D eigenvalue weighted by atomic mass is 9.59. The second-order valence-corrected chi connectivity index (χ2v) is 5.87. The van der Waals surface area contributed by atoms with Gasteiger partial charge in [-0.25, -0.2) is 0 Å². The molecule has 98 valence electrons. The maximum atomic E-state index is 12.1. The first-order chi connectivity index (χ1) is 8.32. The van der Waals surface area contributed by atoms with Crippen molar-refractivity contribution in [3.63, 3.8) is 0 Å². The molecule has 3 heteroatoms. The van der Waals surface area contributed by atoms with E-state index in [-0.39, 0.29) is 5.78 Å². The lowest BCUT2D eigenvalue weighted by Gasteiger charge is -2.48. The van der Waals surface area contributed by atoms with Crippen LogP contribution in [0, 0.1) is 11.3 Å². The van der Waals surface area contributed by atoms with Gasteiger partial charge in [0, 0.05) is 23.3 Å². The van der Waals surface area contributed by atoms with Crippen LogP contribution in [0.3, 0.4) is 0 Å². The molecular weight excluding hydrogens is 228 g/mol. The minimum atomic E-state index is -0.856. The summed E-state index contributed by atoms with van der Waals surface area (Å²) in [4.78, 5) is 23.0. The van der Waals surface area contributed by atoms with E-state index >= 15 is 0 Å². The maximum absolute atomic E-state index is 12.1. The van der Waals surface area contributed by atoms with Crippen molar-refractivity contribution in [1.29, 1.82) is 0 Å². The van der Waals surface area contributed by atoms with Crippen LogP contribution in [-0.4, -0.2) is 22.8 Å².